The van der Waals surface area contributed by atoms with E-state index in [0.29, 0.717) is 11.3 Å². The number of amidine groups is 1. The molecule has 0 aromatic heterocycles. The van der Waals surface area contributed by atoms with Crippen molar-refractivity contribution < 1.29 is 9.94 Å². The Hall–Kier alpha value is -1.75. The molecule has 110 valence electrons. The highest BCUT2D eigenvalue weighted by Gasteiger charge is 2.17. The Morgan fingerprint density at radius 3 is 3.00 bits per heavy atom. The monoisotopic (exact) mass is 277 g/mol. The third-order valence-corrected chi connectivity index (χ3v) is 3.79. The molecule has 0 radical (unpaired) electrons. The van der Waals surface area contributed by atoms with Crippen LogP contribution in [-0.2, 0) is 6.54 Å². The maximum atomic E-state index is 8.85. The molecular formula is C15H23N3O2. The average molecular weight is 277 g/mol. The molecule has 1 unspecified atom stereocenters. The van der Waals surface area contributed by atoms with Gasteiger partial charge in [-0.05, 0) is 43.0 Å². The molecule has 5 heteroatoms. The first-order valence-electron chi connectivity index (χ1n) is 7.01. The van der Waals surface area contributed by atoms with Gasteiger partial charge in [-0.1, -0.05) is 18.1 Å². The Balaban J connectivity index is 2.16. The summed E-state index contributed by atoms with van der Waals surface area (Å²) < 4.78 is 5.24. The normalized spacial score (nSPS) is 20.9. The number of methoxy groups -OCH3 is 1. The van der Waals surface area contributed by atoms with Crippen molar-refractivity contribution >= 4 is 5.84 Å². The number of rotatable bonds is 4. The Morgan fingerprint density at radius 1 is 1.55 bits per heavy atom. The van der Waals surface area contributed by atoms with Crippen LogP contribution in [0.3, 0.4) is 0 Å². The van der Waals surface area contributed by atoms with Crippen LogP contribution in [0.1, 0.15) is 30.9 Å². The van der Waals surface area contributed by atoms with Gasteiger partial charge in [0.05, 0.1) is 12.7 Å². The summed E-state index contributed by atoms with van der Waals surface area (Å²) in [6.07, 6.45) is 2.57. The number of hydrogen-bond acceptors (Lipinski definition) is 4. The van der Waals surface area contributed by atoms with E-state index in [4.69, 9.17) is 15.7 Å². The summed E-state index contributed by atoms with van der Waals surface area (Å²) >= 11 is 0. The van der Waals surface area contributed by atoms with Crippen LogP contribution in [0.5, 0.6) is 5.75 Å². The summed E-state index contributed by atoms with van der Waals surface area (Å²) in [6.45, 7) is 5.45. The Morgan fingerprint density at radius 2 is 2.35 bits per heavy atom. The smallest absolute Gasteiger partial charge is 0.173 e. The van der Waals surface area contributed by atoms with Gasteiger partial charge < -0.3 is 15.7 Å². The van der Waals surface area contributed by atoms with Crippen molar-refractivity contribution in [2.45, 2.75) is 26.3 Å². The summed E-state index contributed by atoms with van der Waals surface area (Å²) in [7, 11) is 1.58. The zero-order valence-corrected chi connectivity index (χ0v) is 12.2. The Bertz CT molecular complexity index is 488. The van der Waals surface area contributed by atoms with Gasteiger partial charge in [0.25, 0.3) is 0 Å². The van der Waals surface area contributed by atoms with E-state index >= 15 is 0 Å². The molecule has 1 aliphatic rings. The van der Waals surface area contributed by atoms with Gasteiger partial charge in [0.1, 0.15) is 5.75 Å². The Labute approximate surface area is 120 Å². The van der Waals surface area contributed by atoms with Gasteiger partial charge in [-0.25, -0.2) is 0 Å². The molecule has 1 fully saturated rings. The van der Waals surface area contributed by atoms with E-state index in [-0.39, 0.29) is 5.84 Å². The maximum absolute atomic E-state index is 8.85. The standard InChI is InChI=1S/C15H23N3O2/c1-11-4-3-7-18(9-11)10-12-5-6-14(20-2)13(8-12)15(16)17-19/h5-6,8,11,19H,3-4,7,9-10H2,1-2H3,(H2,16,17). The van der Waals surface area contributed by atoms with Crippen molar-refractivity contribution in [3.8, 4) is 5.75 Å². The number of benzene rings is 1. The van der Waals surface area contributed by atoms with Crippen molar-refractivity contribution in [1.82, 2.24) is 4.90 Å². The molecule has 1 aromatic carbocycles. The van der Waals surface area contributed by atoms with Crippen LogP contribution in [0.2, 0.25) is 0 Å². The molecule has 5 nitrogen and oxygen atoms in total. The molecule has 1 heterocycles. The van der Waals surface area contributed by atoms with Gasteiger partial charge in [-0.3, -0.25) is 4.90 Å². The number of nitrogens with two attached hydrogens (primary N) is 1. The topological polar surface area (TPSA) is 71.1 Å². The second-order valence-corrected chi connectivity index (χ2v) is 5.50. The fourth-order valence-electron chi connectivity index (χ4n) is 2.80. The summed E-state index contributed by atoms with van der Waals surface area (Å²) in [4.78, 5) is 2.45. The van der Waals surface area contributed by atoms with Crippen molar-refractivity contribution in [1.29, 1.82) is 0 Å². The van der Waals surface area contributed by atoms with E-state index in [9.17, 15) is 0 Å². The highest BCUT2D eigenvalue weighted by molar-refractivity contribution is 5.99. The quantitative estimate of drug-likeness (QED) is 0.382. The van der Waals surface area contributed by atoms with Crippen LogP contribution >= 0.6 is 0 Å². The number of nitrogens with zero attached hydrogens (tertiary/aromatic N) is 2. The summed E-state index contributed by atoms with van der Waals surface area (Å²) in [5.74, 6) is 1.46. The fraction of sp³-hybridized carbons (Fsp3) is 0.533. The Kier molecular flexibility index (Phi) is 4.84. The number of hydrogen-bond donors (Lipinski definition) is 2. The maximum Gasteiger partial charge on any atom is 0.173 e. The van der Waals surface area contributed by atoms with Crippen LogP contribution in [0.15, 0.2) is 23.4 Å². The molecule has 1 aromatic rings. The molecule has 0 saturated carbocycles. The minimum absolute atomic E-state index is 0.0794. The zero-order valence-electron chi connectivity index (χ0n) is 12.2. The van der Waals surface area contributed by atoms with Crippen molar-refractivity contribution in [2.24, 2.45) is 16.8 Å². The van der Waals surface area contributed by atoms with Crippen molar-refractivity contribution in [3.63, 3.8) is 0 Å². The summed E-state index contributed by atoms with van der Waals surface area (Å²) in [5, 5.41) is 11.9. The lowest BCUT2D eigenvalue weighted by molar-refractivity contribution is 0.176. The second-order valence-electron chi connectivity index (χ2n) is 5.50. The number of likely N-dealkylation sites (tertiary alicyclic amines) is 1. The summed E-state index contributed by atoms with van der Waals surface area (Å²) in [5.41, 5.74) is 7.49. The van der Waals surface area contributed by atoms with Crippen LogP contribution < -0.4 is 10.5 Å². The van der Waals surface area contributed by atoms with E-state index in [1.807, 2.05) is 18.2 Å². The molecule has 0 aliphatic carbocycles. The molecule has 20 heavy (non-hydrogen) atoms. The predicted octanol–water partition coefficient (Wildman–Crippen LogP) is 2.02. The van der Waals surface area contributed by atoms with Gasteiger partial charge >= 0.3 is 0 Å². The lowest BCUT2D eigenvalue weighted by Gasteiger charge is -2.31. The van der Waals surface area contributed by atoms with Gasteiger partial charge in [0.15, 0.2) is 5.84 Å². The molecule has 0 bridgehead atoms. The van der Waals surface area contributed by atoms with Crippen LogP contribution in [-0.4, -0.2) is 36.1 Å². The average Bonchev–Trinajstić information content (AvgIpc) is 2.46. The van der Waals surface area contributed by atoms with E-state index in [0.717, 1.165) is 31.1 Å². The molecule has 0 spiro atoms. The largest absolute Gasteiger partial charge is 0.496 e. The molecule has 0 amide bonds. The molecule has 1 saturated heterocycles. The zero-order chi connectivity index (χ0) is 14.5. The molecular weight excluding hydrogens is 254 g/mol. The third kappa shape index (κ3) is 3.42. The van der Waals surface area contributed by atoms with Gasteiger partial charge in [0, 0.05) is 13.1 Å². The second kappa shape index (κ2) is 6.61. The van der Waals surface area contributed by atoms with Crippen LogP contribution in [0, 0.1) is 5.92 Å². The lowest BCUT2D eigenvalue weighted by Crippen LogP contribution is -2.33. The van der Waals surface area contributed by atoms with Crippen molar-refractivity contribution in [2.75, 3.05) is 20.2 Å². The van der Waals surface area contributed by atoms with E-state index in [1.54, 1.807) is 7.11 Å². The molecule has 3 N–H and O–H groups in total. The van der Waals surface area contributed by atoms with E-state index in [1.165, 1.54) is 12.8 Å². The number of piperidine rings is 1. The van der Waals surface area contributed by atoms with Gasteiger partial charge in [-0.15, -0.1) is 0 Å². The molecule has 1 aliphatic heterocycles. The van der Waals surface area contributed by atoms with Crippen LogP contribution in [0.25, 0.3) is 0 Å². The van der Waals surface area contributed by atoms with E-state index in [2.05, 4.69) is 17.0 Å². The first kappa shape index (κ1) is 14.7. The molecule has 1 atom stereocenters. The first-order chi connectivity index (χ1) is 9.63. The number of ether oxygens (including phenoxy) is 1. The van der Waals surface area contributed by atoms with Crippen molar-refractivity contribution in [3.05, 3.63) is 29.3 Å². The van der Waals surface area contributed by atoms with Gasteiger partial charge in [0.2, 0.25) is 0 Å². The van der Waals surface area contributed by atoms with E-state index < -0.39 is 0 Å². The van der Waals surface area contributed by atoms with Gasteiger partial charge in [-0.2, -0.15) is 0 Å². The lowest BCUT2D eigenvalue weighted by atomic mass is 9.99. The molecule has 2 rings (SSSR count). The first-order valence-corrected chi connectivity index (χ1v) is 7.01. The number of oxime groups is 1. The van der Waals surface area contributed by atoms with Crippen LogP contribution in [0.4, 0.5) is 0 Å². The minimum atomic E-state index is 0.0794. The predicted molar refractivity (Wildman–Crippen MR) is 79.2 cm³/mol. The third-order valence-electron chi connectivity index (χ3n) is 3.79. The SMILES string of the molecule is COc1ccc(CN2CCCC(C)C2)cc1C(N)=NO. The summed E-state index contributed by atoms with van der Waals surface area (Å²) in [6, 6.07) is 5.84. The highest BCUT2D eigenvalue weighted by Crippen LogP contribution is 2.22. The minimum Gasteiger partial charge on any atom is -0.496 e. The fourth-order valence-corrected chi connectivity index (χ4v) is 2.80. The highest BCUT2D eigenvalue weighted by atomic mass is 16.5.